The van der Waals surface area contributed by atoms with Crippen LogP contribution in [-0.2, 0) is 27.3 Å². The number of rotatable bonds is 7. The molecule has 1 unspecified atom stereocenters. The fourth-order valence-corrected chi connectivity index (χ4v) is 4.49. The van der Waals surface area contributed by atoms with E-state index >= 15 is 0 Å². The second kappa shape index (κ2) is 11.2. The number of aromatic amines is 1. The number of thiazole rings is 1. The molecular weight excluding hydrogens is 510 g/mol. The second-order valence-corrected chi connectivity index (χ2v) is 9.38. The summed E-state index contributed by atoms with van der Waals surface area (Å²) in [5.41, 5.74) is 0.862. The van der Waals surface area contributed by atoms with Gasteiger partial charge in [-0.15, -0.1) is 11.3 Å². The van der Waals surface area contributed by atoms with E-state index in [1.54, 1.807) is 0 Å². The summed E-state index contributed by atoms with van der Waals surface area (Å²) in [5.74, 6) is -2.97. The molecule has 1 atom stereocenters. The lowest BCUT2D eigenvalue weighted by molar-refractivity contribution is -0.136. The lowest BCUT2D eigenvalue weighted by Gasteiger charge is -2.20. The van der Waals surface area contributed by atoms with Crippen molar-refractivity contribution in [2.24, 2.45) is 0 Å². The molecule has 5 N–H and O–H groups in total. The van der Waals surface area contributed by atoms with Crippen LogP contribution in [0.2, 0.25) is 5.02 Å². The fourth-order valence-electron chi connectivity index (χ4n) is 3.28. The number of imidazole rings is 1. The average molecular weight is 532 g/mol. The summed E-state index contributed by atoms with van der Waals surface area (Å²) in [7, 11) is 1.99. The van der Waals surface area contributed by atoms with E-state index in [0.717, 1.165) is 23.5 Å². The van der Waals surface area contributed by atoms with Gasteiger partial charge in [0.25, 0.3) is 11.8 Å². The predicted molar refractivity (Wildman–Crippen MR) is 132 cm³/mol. The van der Waals surface area contributed by atoms with E-state index in [0.29, 0.717) is 11.6 Å². The van der Waals surface area contributed by atoms with E-state index < -0.39 is 29.7 Å². The van der Waals surface area contributed by atoms with Gasteiger partial charge in [-0.3, -0.25) is 24.5 Å². The third-order valence-electron chi connectivity index (χ3n) is 5.12. The highest BCUT2D eigenvalue weighted by atomic mass is 35.5. The van der Waals surface area contributed by atoms with Crippen LogP contribution < -0.4 is 21.3 Å². The minimum atomic E-state index is -1.23. The molecule has 13 nitrogen and oxygen atoms in total. The number of aromatic nitrogens is 4. The lowest BCUT2D eigenvalue weighted by atomic mass is 10.2. The third-order valence-corrected chi connectivity index (χ3v) is 6.42. The van der Waals surface area contributed by atoms with Gasteiger partial charge in [0.15, 0.2) is 5.01 Å². The zero-order valence-electron chi connectivity index (χ0n) is 19.0. The molecule has 4 rings (SSSR count). The van der Waals surface area contributed by atoms with Crippen LogP contribution in [0.3, 0.4) is 0 Å². The van der Waals surface area contributed by atoms with Crippen molar-refractivity contribution in [1.82, 2.24) is 35.5 Å². The Kier molecular flexibility index (Phi) is 7.87. The van der Waals surface area contributed by atoms with Crippen molar-refractivity contribution in [3.05, 3.63) is 51.3 Å². The Morgan fingerprint density at radius 3 is 2.75 bits per heavy atom. The first-order valence-electron chi connectivity index (χ1n) is 10.8. The van der Waals surface area contributed by atoms with Crippen LogP contribution in [0.4, 0.5) is 11.8 Å². The first-order valence-corrected chi connectivity index (χ1v) is 12.0. The maximum Gasteiger partial charge on any atom is 0.314 e. The lowest BCUT2D eigenvalue weighted by Crippen LogP contribution is -2.52. The van der Waals surface area contributed by atoms with Crippen LogP contribution in [0.15, 0.2) is 30.7 Å². The normalized spacial score (nSPS) is 13.8. The molecule has 0 saturated heterocycles. The van der Waals surface area contributed by atoms with E-state index in [4.69, 9.17) is 11.6 Å². The molecule has 1 aliphatic rings. The van der Waals surface area contributed by atoms with Gasteiger partial charge in [0.05, 0.1) is 10.7 Å². The first kappa shape index (κ1) is 25.2. The first-order chi connectivity index (χ1) is 17.3. The number of hydrogen-bond acceptors (Lipinski definition) is 9. The molecule has 4 heterocycles. The number of carbonyl (C=O) groups is 4. The van der Waals surface area contributed by atoms with E-state index in [2.05, 4.69) is 46.1 Å². The molecule has 0 saturated carbocycles. The Hall–Kier alpha value is -3.88. The number of likely N-dealkylation sites (N-methyl/N-ethyl adjacent to an activating group) is 1. The molecular formula is C21H22ClN9O4S. The molecule has 15 heteroatoms. The molecule has 3 aromatic heterocycles. The average Bonchev–Trinajstić information content (AvgIpc) is 3.52. The number of nitrogens with one attached hydrogen (secondary N) is 5. The number of H-pyrrole nitrogens is 1. The molecule has 0 radical (unpaired) electrons. The molecule has 188 valence electrons. The van der Waals surface area contributed by atoms with Crippen LogP contribution in [-0.4, -0.2) is 74.6 Å². The molecule has 0 aliphatic carbocycles. The summed E-state index contributed by atoms with van der Waals surface area (Å²) in [6, 6.07) is 1.71. The van der Waals surface area contributed by atoms with Crippen molar-refractivity contribution in [2.75, 3.05) is 30.8 Å². The molecule has 1 aliphatic heterocycles. The number of amides is 4. The predicted octanol–water partition coefficient (Wildman–Crippen LogP) is 0.395. The Morgan fingerprint density at radius 1 is 1.19 bits per heavy atom. The maximum atomic E-state index is 12.9. The standard InChI is InChI=1S/C21H22ClN9O4S/c1-31-7-4-12-14(10-31)36-20(28-12)19(35)27-13(16(32)30-21-23-5-6-24-21)9-26-17(33)18(34)29-15-3-2-11(22)8-25-15/h2-3,5-6,8,13H,4,7,9-10H2,1H3,(H,26,33)(H,27,35)(H,25,29,34)(H2,23,24,30,32). The summed E-state index contributed by atoms with van der Waals surface area (Å²) < 4.78 is 0. The molecule has 0 spiro atoms. The van der Waals surface area contributed by atoms with Gasteiger partial charge in [0.1, 0.15) is 11.9 Å². The van der Waals surface area contributed by atoms with Crippen molar-refractivity contribution in [1.29, 1.82) is 0 Å². The largest absolute Gasteiger partial charge is 0.345 e. The third kappa shape index (κ3) is 6.41. The summed E-state index contributed by atoms with van der Waals surface area (Å²) in [6.07, 6.45) is 4.99. The minimum Gasteiger partial charge on any atom is -0.345 e. The van der Waals surface area contributed by atoms with Crippen LogP contribution in [0.1, 0.15) is 20.4 Å². The summed E-state index contributed by atoms with van der Waals surface area (Å²) in [5, 5.41) is 10.3. The number of carbonyl (C=O) groups excluding carboxylic acids is 4. The number of pyridine rings is 1. The second-order valence-electron chi connectivity index (χ2n) is 7.86. The van der Waals surface area contributed by atoms with E-state index in [1.807, 2.05) is 7.05 Å². The van der Waals surface area contributed by atoms with Crippen molar-refractivity contribution in [2.45, 2.75) is 19.0 Å². The highest BCUT2D eigenvalue weighted by Crippen LogP contribution is 2.24. The molecule has 3 aromatic rings. The summed E-state index contributed by atoms with van der Waals surface area (Å²) in [6.45, 7) is 1.16. The van der Waals surface area contributed by atoms with E-state index in [1.165, 1.54) is 42.1 Å². The maximum absolute atomic E-state index is 12.9. The number of fused-ring (bicyclic) bond motifs is 1. The Morgan fingerprint density at radius 2 is 2.03 bits per heavy atom. The zero-order valence-corrected chi connectivity index (χ0v) is 20.6. The van der Waals surface area contributed by atoms with Crippen LogP contribution >= 0.6 is 22.9 Å². The van der Waals surface area contributed by atoms with Gasteiger partial charge in [-0.2, -0.15) is 0 Å². The highest BCUT2D eigenvalue weighted by Gasteiger charge is 2.27. The zero-order chi connectivity index (χ0) is 25.7. The number of anilines is 2. The van der Waals surface area contributed by atoms with Crippen molar-refractivity contribution >= 4 is 58.3 Å². The smallest absolute Gasteiger partial charge is 0.314 e. The Labute approximate surface area is 214 Å². The summed E-state index contributed by atoms with van der Waals surface area (Å²) >= 11 is 7.01. The molecule has 0 aromatic carbocycles. The molecule has 0 fully saturated rings. The highest BCUT2D eigenvalue weighted by molar-refractivity contribution is 7.13. The topological polar surface area (TPSA) is 174 Å². The van der Waals surface area contributed by atoms with Crippen LogP contribution in [0.5, 0.6) is 0 Å². The van der Waals surface area contributed by atoms with Gasteiger partial charge in [-0.25, -0.2) is 15.0 Å². The van der Waals surface area contributed by atoms with Gasteiger partial charge in [0, 0.05) is 49.5 Å². The quantitative estimate of drug-likeness (QED) is 0.272. The number of nitrogens with zero attached hydrogens (tertiary/aromatic N) is 4. The Balaban J connectivity index is 1.41. The number of hydrogen-bond donors (Lipinski definition) is 5. The Bertz CT molecular complexity index is 1260. The van der Waals surface area contributed by atoms with E-state index in [-0.39, 0.29) is 23.3 Å². The molecule has 36 heavy (non-hydrogen) atoms. The SMILES string of the molecule is CN1CCc2nc(C(=O)NC(CNC(=O)C(=O)Nc3ccc(Cl)cn3)C(=O)Nc3ncc[nH]3)sc2C1. The van der Waals surface area contributed by atoms with Gasteiger partial charge in [-0.1, -0.05) is 11.6 Å². The van der Waals surface area contributed by atoms with Gasteiger partial charge in [0.2, 0.25) is 5.95 Å². The van der Waals surface area contributed by atoms with Gasteiger partial charge < -0.3 is 25.8 Å². The van der Waals surface area contributed by atoms with Crippen molar-refractivity contribution in [3.63, 3.8) is 0 Å². The van der Waals surface area contributed by atoms with Crippen LogP contribution in [0, 0.1) is 0 Å². The molecule has 0 bridgehead atoms. The van der Waals surface area contributed by atoms with Crippen molar-refractivity contribution in [3.8, 4) is 0 Å². The summed E-state index contributed by atoms with van der Waals surface area (Å²) in [4.78, 5) is 68.3. The molecule has 4 amide bonds. The number of halogens is 1. The monoisotopic (exact) mass is 531 g/mol. The van der Waals surface area contributed by atoms with Gasteiger partial charge in [-0.05, 0) is 19.2 Å². The van der Waals surface area contributed by atoms with Crippen LogP contribution in [0.25, 0.3) is 0 Å². The van der Waals surface area contributed by atoms with Crippen molar-refractivity contribution < 1.29 is 19.2 Å². The van der Waals surface area contributed by atoms with Gasteiger partial charge >= 0.3 is 11.8 Å². The fraction of sp³-hybridized carbons (Fsp3) is 0.286. The van der Waals surface area contributed by atoms with E-state index in [9.17, 15) is 19.2 Å². The minimum absolute atomic E-state index is 0.123.